The quantitative estimate of drug-likeness (QED) is 0.839. The number of hydrogen-bond acceptors (Lipinski definition) is 1. The van der Waals surface area contributed by atoms with Crippen LogP contribution in [0, 0.1) is 17.5 Å². The Morgan fingerprint density at radius 1 is 1.00 bits per heavy atom. The molecule has 0 aliphatic carbocycles. The van der Waals surface area contributed by atoms with E-state index in [0.717, 1.165) is 24.1 Å². The van der Waals surface area contributed by atoms with Gasteiger partial charge in [0.05, 0.1) is 0 Å². The van der Waals surface area contributed by atoms with Crippen molar-refractivity contribution in [2.75, 3.05) is 0 Å². The highest BCUT2D eigenvalue weighted by molar-refractivity contribution is 5.33. The van der Waals surface area contributed by atoms with Crippen LogP contribution in [-0.4, -0.2) is 5.11 Å². The van der Waals surface area contributed by atoms with Gasteiger partial charge in [-0.25, -0.2) is 13.2 Å². The van der Waals surface area contributed by atoms with Crippen molar-refractivity contribution in [1.82, 2.24) is 0 Å². The molecule has 0 spiro atoms. The molecule has 1 atom stereocenters. The molecule has 2 aromatic rings. The Morgan fingerprint density at radius 2 is 1.63 bits per heavy atom. The zero-order valence-corrected chi connectivity index (χ0v) is 10.3. The highest BCUT2D eigenvalue weighted by Gasteiger charge is 2.17. The first-order valence-corrected chi connectivity index (χ1v) is 5.94. The largest absolute Gasteiger partial charge is 0.384 e. The van der Waals surface area contributed by atoms with E-state index in [9.17, 15) is 18.3 Å². The van der Waals surface area contributed by atoms with E-state index < -0.39 is 23.6 Å². The van der Waals surface area contributed by atoms with Gasteiger partial charge < -0.3 is 5.11 Å². The van der Waals surface area contributed by atoms with Crippen LogP contribution in [-0.2, 0) is 6.42 Å². The van der Waals surface area contributed by atoms with Crippen molar-refractivity contribution in [3.63, 3.8) is 0 Å². The summed E-state index contributed by atoms with van der Waals surface area (Å²) in [6.45, 7) is 1.96. The van der Waals surface area contributed by atoms with Crippen molar-refractivity contribution in [3.8, 4) is 0 Å². The molecule has 0 aromatic heterocycles. The van der Waals surface area contributed by atoms with E-state index in [0.29, 0.717) is 5.56 Å². The van der Waals surface area contributed by atoms with Gasteiger partial charge in [-0.3, -0.25) is 0 Å². The molecule has 1 N–H and O–H groups in total. The topological polar surface area (TPSA) is 20.2 Å². The van der Waals surface area contributed by atoms with Crippen LogP contribution in [0.2, 0.25) is 0 Å². The van der Waals surface area contributed by atoms with Gasteiger partial charge in [-0.05, 0) is 35.2 Å². The third-order valence-corrected chi connectivity index (χ3v) is 3.00. The second-order valence-corrected chi connectivity index (χ2v) is 4.30. The number of halogens is 3. The lowest BCUT2D eigenvalue weighted by molar-refractivity contribution is 0.218. The first-order valence-electron chi connectivity index (χ1n) is 5.94. The lowest BCUT2D eigenvalue weighted by Crippen LogP contribution is -2.03. The van der Waals surface area contributed by atoms with Gasteiger partial charge in [0.1, 0.15) is 6.10 Å². The van der Waals surface area contributed by atoms with Gasteiger partial charge in [-0.1, -0.05) is 31.2 Å². The second kappa shape index (κ2) is 5.45. The lowest BCUT2D eigenvalue weighted by atomic mass is 9.99. The van der Waals surface area contributed by atoms with Gasteiger partial charge >= 0.3 is 0 Å². The molecule has 0 aliphatic heterocycles. The molecule has 1 nitrogen and oxygen atoms in total. The van der Waals surface area contributed by atoms with Crippen LogP contribution in [0.1, 0.15) is 29.7 Å². The van der Waals surface area contributed by atoms with Crippen LogP contribution in [0.4, 0.5) is 13.2 Å². The van der Waals surface area contributed by atoms with Crippen molar-refractivity contribution < 1.29 is 18.3 Å². The van der Waals surface area contributed by atoms with Gasteiger partial charge in [-0.15, -0.1) is 0 Å². The maximum absolute atomic E-state index is 13.1. The summed E-state index contributed by atoms with van der Waals surface area (Å²) in [5.41, 5.74) is 1.51. The summed E-state index contributed by atoms with van der Waals surface area (Å²) in [6.07, 6.45) is -0.400. The SMILES string of the molecule is CCc1cccc(C(O)c2cc(F)c(F)c(F)c2)c1. The number of hydrogen-bond donors (Lipinski definition) is 1. The molecule has 0 heterocycles. The second-order valence-electron chi connectivity index (χ2n) is 4.30. The van der Waals surface area contributed by atoms with Crippen LogP contribution in [0.25, 0.3) is 0 Å². The van der Waals surface area contributed by atoms with Crippen molar-refractivity contribution >= 4 is 0 Å². The predicted octanol–water partition coefficient (Wildman–Crippen LogP) is 3.75. The monoisotopic (exact) mass is 266 g/mol. The molecule has 100 valence electrons. The van der Waals surface area contributed by atoms with E-state index in [1.807, 2.05) is 13.0 Å². The molecule has 19 heavy (non-hydrogen) atoms. The zero-order chi connectivity index (χ0) is 14.0. The van der Waals surface area contributed by atoms with Gasteiger partial charge in [0.25, 0.3) is 0 Å². The van der Waals surface area contributed by atoms with Crippen LogP contribution >= 0.6 is 0 Å². The molecule has 0 fully saturated rings. The fraction of sp³-hybridized carbons (Fsp3) is 0.200. The summed E-state index contributed by atoms with van der Waals surface area (Å²) in [7, 11) is 0. The maximum Gasteiger partial charge on any atom is 0.194 e. The molecule has 0 saturated heterocycles. The van der Waals surface area contributed by atoms with Crippen molar-refractivity contribution in [3.05, 3.63) is 70.5 Å². The van der Waals surface area contributed by atoms with Gasteiger partial charge in [0.15, 0.2) is 17.5 Å². The van der Waals surface area contributed by atoms with Gasteiger partial charge in [0, 0.05) is 0 Å². The van der Waals surface area contributed by atoms with E-state index in [1.54, 1.807) is 18.2 Å². The summed E-state index contributed by atoms with van der Waals surface area (Å²) in [6, 6.07) is 8.67. The number of aryl methyl sites for hydroxylation is 1. The van der Waals surface area contributed by atoms with E-state index in [2.05, 4.69) is 0 Å². The summed E-state index contributed by atoms with van der Waals surface area (Å²) in [4.78, 5) is 0. The molecule has 1 unspecified atom stereocenters. The fourth-order valence-corrected chi connectivity index (χ4v) is 1.91. The molecular formula is C15H13F3O. The zero-order valence-electron chi connectivity index (χ0n) is 10.3. The Balaban J connectivity index is 2.40. The molecule has 0 aliphatic rings. The van der Waals surface area contributed by atoms with E-state index in [-0.39, 0.29) is 5.56 Å². The first-order chi connectivity index (χ1) is 9.02. The van der Waals surface area contributed by atoms with Crippen molar-refractivity contribution in [2.45, 2.75) is 19.4 Å². The molecule has 2 rings (SSSR count). The number of aliphatic hydroxyl groups excluding tert-OH is 1. The highest BCUT2D eigenvalue weighted by atomic mass is 19.2. The molecule has 0 amide bonds. The van der Waals surface area contributed by atoms with E-state index in [1.165, 1.54) is 0 Å². The van der Waals surface area contributed by atoms with Crippen LogP contribution < -0.4 is 0 Å². The highest BCUT2D eigenvalue weighted by Crippen LogP contribution is 2.25. The normalized spacial score (nSPS) is 12.5. The summed E-state index contributed by atoms with van der Waals surface area (Å²) < 4.78 is 39.1. The molecule has 4 heteroatoms. The summed E-state index contributed by atoms with van der Waals surface area (Å²) in [5.74, 6) is -4.14. The van der Waals surface area contributed by atoms with Crippen molar-refractivity contribution in [1.29, 1.82) is 0 Å². The Morgan fingerprint density at radius 3 is 2.21 bits per heavy atom. The Bertz CT molecular complexity index is 573. The lowest BCUT2D eigenvalue weighted by Gasteiger charge is -2.13. The third kappa shape index (κ3) is 2.79. The number of aliphatic hydroxyl groups is 1. The van der Waals surface area contributed by atoms with Gasteiger partial charge in [0.2, 0.25) is 0 Å². The third-order valence-electron chi connectivity index (χ3n) is 3.00. The van der Waals surface area contributed by atoms with E-state index >= 15 is 0 Å². The molecule has 0 radical (unpaired) electrons. The average Bonchev–Trinajstić information content (AvgIpc) is 2.43. The molecule has 2 aromatic carbocycles. The molecule has 0 bridgehead atoms. The molecular weight excluding hydrogens is 253 g/mol. The van der Waals surface area contributed by atoms with Crippen LogP contribution in [0.5, 0.6) is 0 Å². The number of benzene rings is 2. The summed E-state index contributed by atoms with van der Waals surface area (Å²) >= 11 is 0. The Labute approximate surface area is 109 Å². The smallest absolute Gasteiger partial charge is 0.194 e. The fourth-order valence-electron chi connectivity index (χ4n) is 1.91. The maximum atomic E-state index is 13.1. The molecule has 0 saturated carbocycles. The predicted molar refractivity (Wildman–Crippen MR) is 66.2 cm³/mol. The van der Waals surface area contributed by atoms with Crippen LogP contribution in [0.3, 0.4) is 0 Å². The van der Waals surface area contributed by atoms with Crippen molar-refractivity contribution in [2.24, 2.45) is 0 Å². The van der Waals surface area contributed by atoms with Crippen LogP contribution in [0.15, 0.2) is 36.4 Å². The minimum absolute atomic E-state index is 0.00958. The first kappa shape index (κ1) is 13.6. The Hall–Kier alpha value is -1.81. The summed E-state index contributed by atoms with van der Waals surface area (Å²) in [5, 5.41) is 10.1. The van der Waals surface area contributed by atoms with E-state index in [4.69, 9.17) is 0 Å². The minimum atomic E-state index is -1.53. The average molecular weight is 266 g/mol. The standard InChI is InChI=1S/C15H13F3O/c1-2-9-4-3-5-10(6-9)15(19)11-7-12(16)14(18)13(17)8-11/h3-8,15,19H,2H2,1H3. The Kier molecular flexibility index (Phi) is 3.90. The van der Waals surface area contributed by atoms with Gasteiger partial charge in [-0.2, -0.15) is 0 Å². The minimum Gasteiger partial charge on any atom is -0.384 e. The number of rotatable bonds is 3.